The van der Waals surface area contributed by atoms with Crippen LogP contribution in [-0.2, 0) is 0 Å². The summed E-state index contributed by atoms with van der Waals surface area (Å²) in [6.45, 7) is 2.11. The van der Waals surface area contributed by atoms with Crippen LogP contribution in [0.3, 0.4) is 0 Å². The summed E-state index contributed by atoms with van der Waals surface area (Å²) in [4.78, 5) is 3.74. The number of hydrogen-bond acceptors (Lipinski definition) is 2. The molecule has 1 rings (SSSR count). The van der Waals surface area contributed by atoms with Gasteiger partial charge in [0.05, 0.1) is 5.51 Å². The quantitative estimate of drug-likeness (QED) is 0.502. The van der Waals surface area contributed by atoms with Crippen LogP contribution in [0.2, 0.25) is 0 Å². The first-order chi connectivity index (χ1) is 3.91. The molecule has 8 heavy (non-hydrogen) atoms. The molecular formula is C5H8INS. The smallest absolute Gasteiger partial charge is 0.0791 e. The van der Waals surface area contributed by atoms with Gasteiger partial charge in [0.1, 0.15) is 0 Å². The maximum Gasteiger partial charge on any atom is 0.0791 e. The SMILES string of the molecule is CCI.c1cscn1. The van der Waals surface area contributed by atoms with Crippen LogP contribution < -0.4 is 0 Å². The lowest BCUT2D eigenvalue weighted by Gasteiger charge is -1.45. The molecule has 0 amide bonds. The number of aromatic nitrogens is 1. The van der Waals surface area contributed by atoms with Crippen molar-refractivity contribution >= 4 is 33.9 Å². The van der Waals surface area contributed by atoms with E-state index in [0.29, 0.717) is 0 Å². The zero-order valence-corrected chi connectivity index (χ0v) is 7.65. The highest BCUT2D eigenvalue weighted by molar-refractivity contribution is 14.1. The van der Waals surface area contributed by atoms with E-state index >= 15 is 0 Å². The summed E-state index contributed by atoms with van der Waals surface area (Å²) in [5.41, 5.74) is 1.79. The maximum absolute atomic E-state index is 3.74. The Balaban J connectivity index is 0.000000145. The lowest BCUT2D eigenvalue weighted by atomic mass is 11.0. The van der Waals surface area contributed by atoms with Gasteiger partial charge in [-0.25, -0.2) is 0 Å². The third-order valence-corrected chi connectivity index (χ3v) is 0.869. The fourth-order valence-electron chi connectivity index (χ4n) is 0.176. The number of rotatable bonds is 0. The molecule has 1 heterocycles. The minimum atomic E-state index is 1.22. The summed E-state index contributed by atoms with van der Waals surface area (Å²) in [7, 11) is 0. The fourth-order valence-corrected chi connectivity index (χ4v) is 0.527. The molecule has 0 radical (unpaired) electrons. The van der Waals surface area contributed by atoms with E-state index in [2.05, 4.69) is 34.5 Å². The van der Waals surface area contributed by atoms with Gasteiger partial charge in [0.15, 0.2) is 0 Å². The van der Waals surface area contributed by atoms with E-state index in [-0.39, 0.29) is 0 Å². The van der Waals surface area contributed by atoms with Crippen LogP contribution in [0.25, 0.3) is 0 Å². The lowest BCUT2D eigenvalue weighted by molar-refractivity contribution is 1.43. The van der Waals surface area contributed by atoms with Crippen molar-refractivity contribution in [2.75, 3.05) is 4.43 Å². The molecule has 0 aliphatic rings. The number of hydrogen-bond donors (Lipinski definition) is 0. The van der Waals surface area contributed by atoms with Gasteiger partial charge in [0.2, 0.25) is 0 Å². The van der Waals surface area contributed by atoms with Crippen molar-refractivity contribution in [2.45, 2.75) is 6.92 Å². The summed E-state index contributed by atoms with van der Waals surface area (Å²) >= 11 is 3.89. The molecule has 0 aliphatic carbocycles. The molecule has 0 unspecified atom stereocenters. The Bertz CT molecular complexity index is 79.3. The van der Waals surface area contributed by atoms with Gasteiger partial charge in [-0.1, -0.05) is 29.5 Å². The zero-order valence-electron chi connectivity index (χ0n) is 4.67. The molecule has 0 N–H and O–H groups in total. The standard InChI is InChI=1S/C3H3NS.C2H5I/c1-2-5-3-4-1;1-2-3/h1-3H;2H2,1H3. The third kappa shape index (κ3) is 6.36. The number of nitrogens with zero attached hydrogens (tertiary/aromatic N) is 1. The average Bonchev–Trinajstić information content (AvgIpc) is 2.17. The fraction of sp³-hybridized carbons (Fsp3) is 0.400. The highest BCUT2D eigenvalue weighted by Crippen LogP contribution is 1.85. The molecule has 1 aromatic heterocycles. The molecule has 0 spiro atoms. The average molecular weight is 241 g/mol. The van der Waals surface area contributed by atoms with Crippen molar-refractivity contribution < 1.29 is 0 Å². The predicted molar refractivity (Wildman–Crippen MR) is 46.7 cm³/mol. The molecule has 0 saturated carbocycles. The summed E-state index contributed by atoms with van der Waals surface area (Å²) in [5.74, 6) is 0. The molecule has 46 valence electrons. The Labute approximate surface area is 67.3 Å². The second-order valence-corrected chi connectivity index (χ2v) is 3.22. The van der Waals surface area contributed by atoms with Crippen molar-refractivity contribution in [1.29, 1.82) is 0 Å². The number of alkyl halides is 1. The van der Waals surface area contributed by atoms with Crippen molar-refractivity contribution in [3.05, 3.63) is 17.1 Å². The van der Waals surface area contributed by atoms with E-state index in [4.69, 9.17) is 0 Å². The summed E-state index contributed by atoms with van der Waals surface area (Å²) < 4.78 is 1.22. The first-order valence-electron chi connectivity index (χ1n) is 2.30. The summed E-state index contributed by atoms with van der Waals surface area (Å²) in [5, 5.41) is 1.93. The predicted octanol–water partition coefficient (Wildman–Crippen LogP) is 2.58. The van der Waals surface area contributed by atoms with Crippen LogP contribution in [0.15, 0.2) is 17.1 Å². The van der Waals surface area contributed by atoms with Crippen molar-refractivity contribution in [3.8, 4) is 0 Å². The van der Waals surface area contributed by atoms with E-state index in [1.165, 1.54) is 4.43 Å². The molecular weight excluding hydrogens is 233 g/mol. The van der Waals surface area contributed by atoms with E-state index in [1.807, 2.05) is 5.38 Å². The van der Waals surface area contributed by atoms with Gasteiger partial charge in [-0.05, 0) is 4.43 Å². The van der Waals surface area contributed by atoms with Crippen molar-refractivity contribution in [1.82, 2.24) is 4.98 Å². The van der Waals surface area contributed by atoms with Gasteiger partial charge in [-0.2, -0.15) is 0 Å². The first kappa shape index (κ1) is 8.36. The van der Waals surface area contributed by atoms with E-state index in [0.717, 1.165) is 0 Å². The van der Waals surface area contributed by atoms with Crippen LogP contribution in [0.5, 0.6) is 0 Å². The first-order valence-corrected chi connectivity index (χ1v) is 4.76. The normalized spacial score (nSPS) is 7.25. The van der Waals surface area contributed by atoms with E-state index < -0.39 is 0 Å². The number of halogens is 1. The second kappa shape index (κ2) is 7.36. The highest BCUT2D eigenvalue weighted by Gasteiger charge is 1.59. The minimum absolute atomic E-state index is 1.22. The van der Waals surface area contributed by atoms with E-state index in [1.54, 1.807) is 23.0 Å². The molecule has 0 aliphatic heterocycles. The van der Waals surface area contributed by atoms with Gasteiger partial charge in [-0.3, -0.25) is 4.98 Å². The molecule has 0 aromatic carbocycles. The molecule has 3 heteroatoms. The monoisotopic (exact) mass is 241 g/mol. The van der Waals surface area contributed by atoms with Crippen LogP contribution in [0, 0.1) is 0 Å². The van der Waals surface area contributed by atoms with Crippen molar-refractivity contribution in [2.24, 2.45) is 0 Å². The van der Waals surface area contributed by atoms with Gasteiger partial charge in [0, 0.05) is 11.6 Å². The van der Waals surface area contributed by atoms with Gasteiger partial charge in [-0.15, -0.1) is 11.3 Å². The van der Waals surface area contributed by atoms with Crippen LogP contribution in [0.4, 0.5) is 0 Å². The molecule has 0 saturated heterocycles. The Morgan fingerprint density at radius 3 is 2.50 bits per heavy atom. The van der Waals surface area contributed by atoms with Gasteiger partial charge in [0.25, 0.3) is 0 Å². The van der Waals surface area contributed by atoms with Gasteiger partial charge >= 0.3 is 0 Å². The Hall–Kier alpha value is 0.360. The van der Waals surface area contributed by atoms with Crippen molar-refractivity contribution in [3.63, 3.8) is 0 Å². The summed E-state index contributed by atoms with van der Waals surface area (Å²) in [6.07, 6.45) is 1.77. The van der Waals surface area contributed by atoms with E-state index in [9.17, 15) is 0 Å². The maximum atomic E-state index is 3.74. The molecule has 1 aromatic rings. The molecule has 0 atom stereocenters. The molecule has 1 nitrogen and oxygen atoms in total. The van der Waals surface area contributed by atoms with Crippen LogP contribution >= 0.6 is 33.9 Å². The Morgan fingerprint density at radius 1 is 1.75 bits per heavy atom. The lowest BCUT2D eigenvalue weighted by Crippen LogP contribution is -1.38. The Kier molecular flexibility index (Phi) is 7.69. The van der Waals surface area contributed by atoms with Gasteiger partial charge < -0.3 is 0 Å². The third-order valence-electron chi connectivity index (χ3n) is 0.347. The van der Waals surface area contributed by atoms with Crippen LogP contribution in [-0.4, -0.2) is 9.41 Å². The topological polar surface area (TPSA) is 12.9 Å². The number of thiazole rings is 1. The largest absolute Gasteiger partial charge is 0.253 e. The Morgan fingerprint density at radius 2 is 2.38 bits per heavy atom. The minimum Gasteiger partial charge on any atom is -0.253 e. The highest BCUT2D eigenvalue weighted by atomic mass is 127. The molecule has 0 bridgehead atoms. The summed E-state index contributed by atoms with van der Waals surface area (Å²) in [6, 6.07) is 0. The second-order valence-electron chi connectivity index (χ2n) is 0.943. The molecule has 0 fully saturated rings. The zero-order chi connectivity index (χ0) is 6.24. The van der Waals surface area contributed by atoms with Crippen LogP contribution in [0.1, 0.15) is 6.92 Å².